The molecule has 0 radical (unpaired) electrons. The highest BCUT2D eigenvalue weighted by atomic mass is 16.3. The van der Waals surface area contributed by atoms with Gasteiger partial charge in [0.15, 0.2) is 5.78 Å². The van der Waals surface area contributed by atoms with Crippen LogP contribution in [0.3, 0.4) is 0 Å². The molecule has 2 unspecified atom stereocenters. The van der Waals surface area contributed by atoms with Crippen molar-refractivity contribution in [3.8, 4) is 0 Å². The van der Waals surface area contributed by atoms with Gasteiger partial charge in [-0.2, -0.15) is 0 Å². The number of allylic oxidation sites excluding steroid dienone is 2. The Balaban J connectivity index is 1.76. The Morgan fingerprint density at radius 1 is 1.21 bits per heavy atom. The Hall–Kier alpha value is -1.26. The molecule has 0 aliphatic heterocycles. The van der Waals surface area contributed by atoms with Crippen LogP contribution in [0.2, 0.25) is 0 Å². The average Bonchev–Trinajstić information content (AvgIpc) is 2.89. The summed E-state index contributed by atoms with van der Waals surface area (Å²) in [6.07, 6.45) is 4.86. The van der Waals surface area contributed by atoms with Crippen molar-refractivity contribution in [1.29, 1.82) is 0 Å². The second-order valence-corrected chi connectivity index (χ2v) is 8.39. The summed E-state index contributed by atoms with van der Waals surface area (Å²) >= 11 is 0. The van der Waals surface area contributed by atoms with Crippen molar-refractivity contribution in [2.45, 2.75) is 64.6 Å². The van der Waals surface area contributed by atoms with Crippen LogP contribution in [0.1, 0.15) is 52.4 Å². The largest absolute Gasteiger partial charge is 0.386 e. The lowest BCUT2D eigenvalue weighted by molar-refractivity contribution is -0.128. The second-order valence-electron chi connectivity index (χ2n) is 8.39. The Bertz CT molecular complexity index is 673. The zero-order chi connectivity index (χ0) is 17.2. The van der Waals surface area contributed by atoms with Crippen LogP contribution in [0.25, 0.3) is 0 Å². The third kappa shape index (κ3) is 2.05. The van der Waals surface area contributed by atoms with Crippen molar-refractivity contribution in [2.24, 2.45) is 23.2 Å². The van der Waals surface area contributed by atoms with Gasteiger partial charge in [-0.05, 0) is 74.3 Å². The third-order valence-electron chi connectivity index (χ3n) is 7.34. The minimum Gasteiger partial charge on any atom is -0.386 e. The zero-order valence-electron chi connectivity index (χ0n) is 14.4. The van der Waals surface area contributed by atoms with Gasteiger partial charge in [-0.3, -0.25) is 9.59 Å². The smallest absolute Gasteiger partial charge is 0.194 e. The molecule has 2 fully saturated rings. The van der Waals surface area contributed by atoms with E-state index in [0.29, 0.717) is 23.2 Å². The third-order valence-corrected chi connectivity index (χ3v) is 7.34. The van der Waals surface area contributed by atoms with Crippen LogP contribution in [-0.2, 0) is 9.59 Å². The molecular formula is C20H26O4. The van der Waals surface area contributed by atoms with Gasteiger partial charge in [0.05, 0.1) is 0 Å². The molecule has 2 N–H and O–H groups in total. The molecule has 130 valence electrons. The van der Waals surface area contributed by atoms with Crippen LogP contribution >= 0.6 is 0 Å². The van der Waals surface area contributed by atoms with Gasteiger partial charge in [0, 0.05) is 11.5 Å². The van der Waals surface area contributed by atoms with Crippen molar-refractivity contribution in [1.82, 2.24) is 0 Å². The number of hydrogen-bond acceptors (Lipinski definition) is 4. The van der Waals surface area contributed by atoms with E-state index in [-0.39, 0.29) is 17.1 Å². The van der Waals surface area contributed by atoms with Crippen molar-refractivity contribution in [3.63, 3.8) is 0 Å². The van der Waals surface area contributed by atoms with Crippen LogP contribution in [0.5, 0.6) is 0 Å². The van der Waals surface area contributed by atoms with Crippen molar-refractivity contribution >= 4 is 11.6 Å². The van der Waals surface area contributed by atoms with E-state index in [2.05, 4.69) is 6.92 Å². The molecule has 4 heteroatoms. The molecule has 0 heterocycles. The summed E-state index contributed by atoms with van der Waals surface area (Å²) in [6.45, 7) is 3.99. The lowest BCUT2D eigenvalue weighted by Gasteiger charge is -2.49. The zero-order valence-corrected chi connectivity index (χ0v) is 14.4. The number of hydrogen-bond donors (Lipinski definition) is 2. The lowest BCUT2D eigenvalue weighted by Crippen LogP contribution is -2.45. The molecule has 24 heavy (non-hydrogen) atoms. The molecular weight excluding hydrogens is 304 g/mol. The molecule has 6 atom stereocenters. The van der Waals surface area contributed by atoms with E-state index in [0.717, 1.165) is 44.1 Å². The fourth-order valence-electron chi connectivity index (χ4n) is 6.20. The number of carbonyl (C=O) groups is 2. The maximum absolute atomic E-state index is 12.6. The van der Waals surface area contributed by atoms with Gasteiger partial charge in [-0.25, -0.2) is 0 Å². The predicted octanol–water partition coefficient (Wildman–Crippen LogP) is 2.34. The molecule has 0 aromatic heterocycles. The summed E-state index contributed by atoms with van der Waals surface area (Å²) < 4.78 is 0. The number of aliphatic hydroxyl groups excluding tert-OH is 2. The monoisotopic (exact) mass is 330 g/mol. The number of carbonyl (C=O) groups excluding carboxylic acids is 2. The first kappa shape index (κ1) is 16.2. The van der Waals surface area contributed by atoms with E-state index in [1.165, 1.54) is 5.57 Å². The van der Waals surface area contributed by atoms with Gasteiger partial charge in [-0.1, -0.05) is 12.5 Å². The minimum absolute atomic E-state index is 0.0532. The van der Waals surface area contributed by atoms with E-state index in [9.17, 15) is 19.8 Å². The molecule has 0 aromatic rings. The molecule has 4 aliphatic rings. The van der Waals surface area contributed by atoms with Crippen molar-refractivity contribution < 1.29 is 19.8 Å². The Morgan fingerprint density at radius 2 is 1.96 bits per heavy atom. The number of ketones is 2. The summed E-state index contributed by atoms with van der Waals surface area (Å²) in [5, 5.41) is 19.9. The molecule has 0 amide bonds. The standard InChI is InChI=1S/C20H26O4/c1-10(21)14-5-6-15-12-4-3-11-9-16(22)18(23)19(24)17(11)13(12)7-8-20(14,15)2/h9,12,14-16,18,22-23H,3-8H2,1-2H3/t12-,14-,15+,16?,18?,20-/m1/s1. The summed E-state index contributed by atoms with van der Waals surface area (Å²) in [6, 6.07) is 0. The van der Waals surface area contributed by atoms with Gasteiger partial charge < -0.3 is 10.2 Å². The Kier molecular flexibility index (Phi) is 3.63. The van der Waals surface area contributed by atoms with Crippen LogP contribution in [0.4, 0.5) is 0 Å². The highest BCUT2D eigenvalue weighted by Crippen LogP contribution is 2.62. The average molecular weight is 330 g/mol. The molecule has 0 aromatic carbocycles. The molecule has 0 saturated heterocycles. The SMILES string of the molecule is CC(=O)[C@H]1CC[C@H]2[C@@H]3CCC4=CC(O)C(O)C(=O)C4=C3CC[C@]12C. The van der Waals surface area contributed by atoms with Gasteiger partial charge >= 0.3 is 0 Å². The predicted molar refractivity (Wildman–Crippen MR) is 89.1 cm³/mol. The van der Waals surface area contributed by atoms with Gasteiger partial charge in [-0.15, -0.1) is 0 Å². The molecule has 0 spiro atoms. The fourth-order valence-corrected chi connectivity index (χ4v) is 6.20. The maximum atomic E-state index is 12.6. The first-order valence-electron chi connectivity index (χ1n) is 9.19. The van der Waals surface area contributed by atoms with E-state index in [4.69, 9.17) is 0 Å². The van der Waals surface area contributed by atoms with Crippen LogP contribution in [-0.4, -0.2) is 34.0 Å². The van der Waals surface area contributed by atoms with Crippen LogP contribution in [0.15, 0.2) is 22.8 Å². The molecule has 4 nitrogen and oxygen atoms in total. The number of rotatable bonds is 1. The number of Topliss-reactive ketones (excluding diaryl/α,β-unsaturated/α-hetero) is 2. The van der Waals surface area contributed by atoms with E-state index in [1.54, 1.807) is 13.0 Å². The summed E-state index contributed by atoms with van der Waals surface area (Å²) in [4.78, 5) is 24.7. The van der Waals surface area contributed by atoms with Crippen LogP contribution in [0, 0.1) is 23.2 Å². The van der Waals surface area contributed by atoms with E-state index in [1.807, 2.05) is 0 Å². The normalized spacial score (nSPS) is 44.6. The van der Waals surface area contributed by atoms with E-state index >= 15 is 0 Å². The Labute approximate surface area is 142 Å². The molecule has 0 bridgehead atoms. The van der Waals surface area contributed by atoms with Gasteiger partial charge in [0.2, 0.25) is 0 Å². The van der Waals surface area contributed by atoms with Crippen LogP contribution < -0.4 is 0 Å². The summed E-state index contributed by atoms with van der Waals surface area (Å²) in [5.41, 5.74) is 2.87. The number of fused-ring (bicyclic) bond motifs is 4. The summed E-state index contributed by atoms with van der Waals surface area (Å²) in [7, 11) is 0. The first-order chi connectivity index (χ1) is 11.3. The molecule has 4 rings (SSSR count). The first-order valence-corrected chi connectivity index (χ1v) is 9.19. The molecule has 2 saturated carbocycles. The maximum Gasteiger partial charge on any atom is 0.194 e. The minimum atomic E-state index is -1.32. The van der Waals surface area contributed by atoms with E-state index < -0.39 is 12.2 Å². The van der Waals surface area contributed by atoms with Crippen molar-refractivity contribution in [3.05, 3.63) is 22.8 Å². The molecule has 4 aliphatic carbocycles. The highest BCUT2D eigenvalue weighted by Gasteiger charge is 2.55. The topological polar surface area (TPSA) is 74.6 Å². The number of aliphatic hydroxyl groups is 2. The van der Waals surface area contributed by atoms with Crippen molar-refractivity contribution in [2.75, 3.05) is 0 Å². The summed E-state index contributed by atoms with van der Waals surface area (Å²) in [5.74, 6) is 0.970. The quantitative estimate of drug-likeness (QED) is 0.774. The Morgan fingerprint density at radius 3 is 2.67 bits per heavy atom. The second kappa shape index (κ2) is 5.37. The highest BCUT2D eigenvalue weighted by molar-refractivity contribution is 6.05. The fraction of sp³-hybridized carbons (Fsp3) is 0.700. The van der Waals surface area contributed by atoms with Gasteiger partial charge in [0.1, 0.15) is 18.0 Å². The lowest BCUT2D eigenvalue weighted by atomic mass is 9.55. The van der Waals surface area contributed by atoms with Gasteiger partial charge in [0.25, 0.3) is 0 Å².